The van der Waals surface area contributed by atoms with Crippen LogP contribution in [0.5, 0.6) is 11.5 Å². The second kappa shape index (κ2) is 8.77. The summed E-state index contributed by atoms with van der Waals surface area (Å²) in [7, 11) is 3.36. The van der Waals surface area contributed by atoms with Gasteiger partial charge in [0.2, 0.25) is 5.91 Å². The third-order valence-electron chi connectivity index (χ3n) is 6.68. The number of rotatable bonds is 5. The van der Waals surface area contributed by atoms with Crippen LogP contribution in [0.1, 0.15) is 35.2 Å². The number of piperidine rings is 1. The molecule has 0 saturated carbocycles. The van der Waals surface area contributed by atoms with Gasteiger partial charge in [0, 0.05) is 24.4 Å². The van der Waals surface area contributed by atoms with Crippen LogP contribution in [-0.4, -0.2) is 47.2 Å². The minimum absolute atomic E-state index is 0.152. The summed E-state index contributed by atoms with van der Waals surface area (Å²) in [6.45, 7) is 2.77. The van der Waals surface area contributed by atoms with Gasteiger partial charge in [-0.15, -0.1) is 0 Å². The first-order valence-corrected chi connectivity index (χ1v) is 11.4. The van der Waals surface area contributed by atoms with Crippen molar-refractivity contribution in [3.8, 4) is 17.2 Å². The van der Waals surface area contributed by atoms with Crippen LogP contribution in [0.25, 0.3) is 11.8 Å². The molecule has 1 aliphatic heterocycles. The number of nitrogens with zero attached hydrogens (tertiary/aromatic N) is 3. The maximum atomic E-state index is 13.4. The van der Waals surface area contributed by atoms with Crippen LogP contribution in [0.15, 0.2) is 54.5 Å². The van der Waals surface area contributed by atoms with Crippen molar-refractivity contribution in [1.29, 1.82) is 0 Å². The number of carbonyl (C=O) groups is 1. The molecule has 0 spiro atoms. The Kier molecular flexibility index (Phi) is 5.67. The van der Waals surface area contributed by atoms with Crippen molar-refractivity contribution in [3.63, 3.8) is 0 Å². The first kappa shape index (κ1) is 21.3. The molecule has 1 atom stereocenters. The summed E-state index contributed by atoms with van der Waals surface area (Å²) in [5.41, 5.74) is 6.32. The largest absolute Gasteiger partial charge is 0.497 e. The third kappa shape index (κ3) is 4.13. The Morgan fingerprint density at radius 2 is 1.91 bits per heavy atom. The first-order valence-electron chi connectivity index (χ1n) is 11.4. The Morgan fingerprint density at radius 3 is 2.67 bits per heavy atom. The molecule has 1 amide bonds. The molecule has 6 heteroatoms. The van der Waals surface area contributed by atoms with E-state index in [9.17, 15) is 4.79 Å². The van der Waals surface area contributed by atoms with E-state index in [0.717, 1.165) is 66.2 Å². The highest BCUT2D eigenvalue weighted by Crippen LogP contribution is 2.33. The zero-order chi connectivity index (χ0) is 22.9. The van der Waals surface area contributed by atoms with Gasteiger partial charge in [-0.2, -0.15) is 0 Å². The molecule has 0 N–H and O–H groups in total. The van der Waals surface area contributed by atoms with E-state index in [4.69, 9.17) is 9.47 Å². The van der Waals surface area contributed by atoms with E-state index in [1.165, 1.54) is 11.1 Å². The summed E-state index contributed by atoms with van der Waals surface area (Å²) in [6, 6.07) is 12.5. The molecule has 33 heavy (non-hydrogen) atoms. The lowest BCUT2D eigenvalue weighted by atomic mass is 9.98. The Hall–Kier alpha value is -3.54. The molecule has 0 unspecified atom stereocenters. The smallest absolute Gasteiger partial charge is 0.250 e. The average Bonchev–Trinajstić information content (AvgIpc) is 3.45. The number of imidazole rings is 1. The van der Waals surface area contributed by atoms with Crippen molar-refractivity contribution in [3.05, 3.63) is 76.9 Å². The average molecular weight is 444 g/mol. The number of hydrogen-bond donors (Lipinski definition) is 0. The molecule has 1 saturated heterocycles. The molecule has 2 aliphatic rings. The first-order chi connectivity index (χ1) is 16.1. The van der Waals surface area contributed by atoms with Gasteiger partial charge in [0.1, 0.15) is 11.5 Å². The van der Waals surface area contributed by atoms with Gasteiger partial charge < -0.3 is 18.9 Å². The molecule has 170 valence electrons. The number of carbonyl (C=O) groups excluding carboxylic acids is 1. The number of aromatic nitrogens is 2. The van der Waals surface area contributed by atoms with Crippen LogP contribution >= 0.6 is 0 Å². The van der Waals surface area contributed by atoms with Gasteiger partial charge in [0.15, 0.2) is 0 Å². The van der Waals surface area contributed by atoms with Gasteiger partial charge in [-0.1, -0.05) is 12.1 Å². The summed E-state index contributed by atoms with van der Waals surface area (Å²) in [5, 5.41) is 0. The zero-order valence-electron chi connectivity index (χ0n) is 19.4. The molecular formula is C27H29N3O3. The summed E-state index contributed by atoms with van der Waals surface area (Å²) in [4.78, 5) is 19.8. The van der Waals surface area contributed by atoms with Gasteiger partial charge in [-0.05, 0) is 79.6 Å². The van der Waals surface area contributed by atoms with E-state index in [1.54, 1.807) is 20.5 Å². The fourth-order valence-corrected chi connectivity index (χ4v) is 4.99. The molecule has 3 aromatic rings. The van der Waals surface area contributed by atoms with Gasteiger partial charge in [-0.3, -0.25) is 4.79 Å². The highest BCUT2D eigenvalue weighted by atomic mass is 16.5. The molecular weight excluding hydrogens is 414 g/mol. The number of fused-ring (bicyclic) bond motifs is 1. The van der Waals surface area contributed by atoms with Crippen LogP contribution < -0.4 is 9.47 Å². The molecule has 2 aromatic carbocycles. The predicted molar refractivity (Wildman–Crippen MR) is 128 cm³/mol. The van der Waals surface area contributed by atoms with Gasteiger partial charge in [0.05, 0.1) is 31.9 Å². The van der Waals surface area contributed by atoms with E-state index < -0.39 is 0 Å². The summed E-state index contributed by atoms with van der Waals surface area (Å²) in [6.07, 6.45) is 9.34. The molecule has 1 fully saturated rings. The Morgan fingerprint density at radius 1 is 1.06 bits per heavy atom. The van der Waals surface area contributed by atoms with E-state index >= 15 is 0 Å². The van der Waals surface area contributed by atoms with Crippen molar-refractivity contribution in [2.45, 2.75) is 38.6 Å². The van der Waals surface area contributed by atoms with Gasteiger partial charge >= 0.3 is 0 Å². The molecule has 0 bridgehead atoms. The predicted octanol–water partition coefficient (Wildman–Crippen LogP) is 4.37. The van der Waals surface area contributed by atoms with Crippen molar-refractivity contribution in [2.24, 2.45) is 0 Å². The molecule has 1 aliphatic carbocycles. The molecule has 1 aromatic heterocycles. The highest BCUT2D eigenvalue weighted by Gasteiger charge is 2.33. The number of ether oxygens (including phenoxy) is 2. The number of hydrogen-bond acceptors (Lipinski definition) is 4. The Labute approximate surface area is 194 Å². The minimum atomic E-state index is 0.152. The SMILES string of the molecule is COc1ccc2c(c1)C[C@@H](N1CCC/C(=C\c3ccc(-n4cnc(C)c4)c(OC)c3)C1=O)C2. The monoisotopic (exact) mass is 443 g/mol. The minimum Gasteiger partial charge on any atom is -0.497 e. The van der Waals surface area contributed by atoms with E-state index in [0.29, 0.717) is 0 Å². The number of benzene rings is 2. The number of likely N-dealkylation sites (tertiary alicyclic amines) is 1. The van der Waals surface area contributed by atoms with Crippen LogP contribution in [0, 0.1) is 6.92 Å². The summed E-state index contributed by atoms with van der Waals surface area (Å²) < 4.78 is 13.0. The molecule has 2 heterocycles. The third-order valence-corrected chi connectivity index (χ3v) is 6.68. The number of amides is 1. The van der Waals surface area contributed by atoms with Crippen molar-refractivity contribution in [1.82, 2.24) is 14.5 Å². The normalized spacial score (nSPS) is 19.1. The molecule has 6 nitrogen and oxygen atoms in total. The van der Waals surface area contributed by atoms with E-state index in [-0.39, 0.29) is 11.9 Å². The van der Waals surface area contributed by atoms with Crippen molar-refractivity contribution in [2.75, 3.05) is 20.8 Å². The number of methoxy groups -OCH3 is 2. The zero-order valence-corrected chi connectivity index (χ0v) is 19.4. The fourth-order valence-electron chi connectivity index (χ4n) is 4.99. The standard InChI is InChI=1S/C27H29N3O3/c1-18-16-29(17-28-18)25-9-6-19(12-26(25)33-3)11-21-5-4-10-30(27(21)31)23-13-20-7-8-24(32-2)15-22(20)14-23/h6-9,11-12,15-17,23H,4-5,10,13-14H2,1-3H3/b21-11+/t23-/m0/s1. The lowest BCUT2D eigenvalue weighted by Crippen LogP contribution is -2.44. The second-order valence-corrected chi connectivity index (χ2v) is 8.82. The maximum absolute atomic E-state index is 13.4. The molecule has 0 radical (unpaired) electrons. The highest BCUT2D eigenvalue weighted by molar-refractivity contribution is 5.98. The maximum Gasteiger partial charge on any atom is 0.250 e. The quantitative estimate of drug-likeness (QED) is 0.550. The van der Waals surface area contributed by atoms with Gasteiger partial charge in [0.25, 0.3) is 0 Å². The van der Waals surface area contributed by atoms with Crippen molar-refractivity contribution >= 4 is 12.0 Å². The van der Waals surface area contributed by atoms with E-state index in [2.05, 4.69) is 22.0 Å². The summed E-state index contributed by atoms with van der Waals surface area (Å²) >= 11 is 0. The lowest BCUT2D eigenvalue weighted by Gasteiger charge is -2.33. The van der Waals surface area contributed by atoms with Crippen molar-refractivity contribution < 1.29 is 14.3 Å². The Balaban J connectivity index is 1.37. The topological polar surface area (TPSA) is 56.6 Å². The van der Waals surface area contributed by atoms with Gasteiger partial charge in [-0.25, -0.2) is 4.98 Å². The number of aryl methyl sites for hydroxylation is 1. The van der Waals surface area contributed by atoms with E-state index in [1.807, 2.05) is 48.0 Å². The lowest BCUT2D eigenvalue weighted by molar-refractivity contribution is -0.130. The van der Waals surface area contributed by atoms with Crippen LogP contribution in [0.4, 0.5) is 0 Å². The summed E-state index contributed by atoms with van der Waals surface area (Å²) in [5.74, 6) is 1.78. The van der Waals surface area contributed by atoms with Crippen LogP contribution in [0.2, 0.25) is 0 Å². The fraction of sp³-hybridized carbons (Fsp3) is 0.333. The van der Waals surface area contributed by atoms with Crippen LogP contribution in [-0.2, 0) is 17.6 Å². The second-order valence-electron chi connectivity index (χ2n) is 8.82. The van der Waals surface area contributed by atoms with Crippen LogP contribution in [0.3, 0.4) is 0 Å². The molecule has 5 rings (SSSR count). The Bertz CT molecular complexity index is 1230.